The number of amides is 1. The first-order chi connectivity index (χ1) is 16.5. The minimum Gasteiger partial charge on any atom is -0.455 e. The SMILES string of the molecule is O=C(COC(=O)CSc1nnc(-c2ccc(F)cc2)n1-c1ccccc1)Nc1cccc(F)c1. The molecule has 3 aromatic carbocycles. The molecule has 0 fully saturated rings. The highest BCUT2D eigenvalue weighted by Gasteiger charge is 2.18. The number of anilines is 1. The maximum absolute atomic E-state index is 13.4. The van der Waals surface area contributed by atoms with Crippen LogP contribution in [0.1, 0.15) is 0 Å². The van der Waals surface area contributed by atoms with Gasteiger partial charge in [-0.3, -0.25) is 14.2 Å². The van der Waals surface area contributed by atoms with Gasteiger partial charge in [0.25, 0.3) is 5.91 Å². The molecule has 1 aromatic heterocycles. The lowest BCUT2D eigenvalue weighted by Gasteiger charge is -2.10. The molecule has 0 unspecified atom stereocenters. The molecule has 0 bridgehead atoms. The highest BCUT2D eigenvalue weighted by Crippen LogP contribution is 2.28. The Labute approximate surface area is 197 Å². The Morgan fingerprint density at radius 3 is 2.41 bits per heavy atom. The summed E-state index contributed by atoms with van der Waals surface area (Å²) in [6.45, 7) is -0.512. The fraction of sp³-hybridized carbons (Fsp3) is 0.0833. The van der Waals surface area contributed by atoms with Gasteiger partial charge in [0.1, 0.15) is 11.6 Å². The van der Waals surface area contributed by atoms with Gasteiger partial charge in [0.15, 0.2) is 17.6 Å². The van der Waals surface area contributed by atoms with Crippen LogP contribution >= 0.6 is 11.8 Å². The fourth-order valence-corrected chi connectivity index (χ4v) is 3.78. The third-order valence-electron chi connectivity index (χ3n) is 4.54. The molecule has 10 heteroatoms. The summed E-state index contributed by atoms with van der Waals surface area (Å²) in [5, 5.41) is 11.3. The largest absolute Gasteiger partial charge is 0.455 e. The van der Waals surface area contributed by atoms with Gasteiger partial charge in [-0.1, -0.05) is 36.0 Å². The molecule has 34 heavy (non-hydrogen) atoms. The van der Waals surface area contributed by atoms with Crippen LogP contribution in [0.3, 0.4) is 0 Å². The zero-order valence-electron chi connectivity index (χ0n) is 17.7. The van der Waals surface area contributed by atoms with Crippen LogP contribution in [-0.2, 0) is 14.3 Å². The number of para-hydroxylation sites is 1. The molecule has 0 aliphatic carbocycles. The predicted octanol–water partition coefficient (Wildman–Crippen LogP) is 4.49. The van der Waals surface area contributed by atoms with E-state index >= 15 is 0 Å². The number of ether oxygens (including phenoxy) is 1. The Bertz CT molecular complexity index is 1300. The lowest BCUT2D eigenvalue weighted by atomic mass is 10.2. The van der Waals surface area contributed by atoms with Gasteiger partial charge < -0.3 is 10.1 Å². The van der Waals surface area contributed by atoms with Crippen molar-refractivity contribution in [3.05, 3.63) is 90.5 Å². The molecule has 4 rings (SSSR count). The van der Waals surface area contributed by atoms with Crippen molar-refractivity contribution in [1.82, 2.24) is 14.8 Å². The number of thioether (sulfide) groups is 1. The summed E-state index contributed by atoms with van der Waals surface area (Å²) in [6, 6.07) is 20.5. The zero-order valence-corrected chi connectivity index (χ0v) is 18.5. The van der Waals surface area contributed by atoms with Gasteiger partial charge in [0.05, 0.1) is 5.75 Å². The van der Waals surface area contributed by atoms with Crippen molar-refractivity contribution in [3.8, 4) is 17.1 Å². The number of nitrogens with one attached hydrogen (secondary N) is 1. The fourth-order valence-electron chi connectivity index (χ4n) is 3.03. The van der Waals surface area contributed by atoms with E-state index in [1.165, 1.54) is 30.3 Å². The molecule has 0 aliphatic rings. The molecule has 0 aliphatic heterocycles. The number of benzene rings is 3. The van der Waals surface area contributed by atoms with Gasteiger partial charge in [-0.2, -0.15) is 0 Å². The van der Waals surface area contributed by atoms with Crippen LogP contribution in [0.2, 0.25) is 0 Å². The van der Waals surface area contributed by atoms with E-state index in [9.17, 15) is 18.4 Å². The summed E-state index contributed by atoms with van der Waals surface area (Å²) in [5.41, 5.74) is 1.68. The van der Waals surface area contributed by atoms with E-state index in [1.54, 1.807) is 16.7 Å². The number of carbonyl (C=O) groups is 2. The Morgan fingerprint density at radius 2 is 1.68 bits per heavy atom. The van der Waals surface area contributed by atoms with Crippen LogP contribution in [0.15, 0.2) is 84.0 Å². The first-order valence-corrected chi connectivity index (χ1v) is 11.1. The maximum atomic E-state index is 13.4. The van der Waals surface area contributed by atoms with Crippen LogP contribution in [0.25, 0.3) is 17.1 Å². The van der Waals surface area contributed by atoms with Crippen molar-refractivity contribution in [1.29, 1.82) is 0 Å². The molecule has 0 spiro atoms. The molecular weight excluding hydrogens is 462 g/mol. The molecule has 0 saturated heterocycles. The number of nitrogens with zero attached hydrogens (tertiary/aromatic N) is 3. The number of hydrogen-bond donors (Lipinski definition) is 1. The summed E-state index contributed by atoms with van der Waals surface area (Å²) in [6.07, 6.45) is 0. The minimum atomic E-state index is -0.634. The molecule has 0 atom stereocenters. The topological polar surface area (TPSA) is 86.1 Å². The number of carbonyl (C=O) groups excluding carboxylic acids is 2. The lowest BCUT2D eigenvalue weighted by Crippen LogP contribution is -2.21. The summed E-state index contributed by atoms with van der Waals surface area (Å²) in [5.74, 6) is -1.72. The lowest BCUT2D eigenvalue weighted by molar-refractivity contribution is -0.144. The average Bonchev–Trinajstić information content (AvgIpc) is 3.26. The van der Waals surface area contributed by atoms with E-state index in [1.807, 2.05) is 30.3 Å². The Kier molecular flexibility index (Phi) is 7.28. The summed E-state index contributed by atoms with van der Waals surface area (Å²) >= 11 is 1.09. The van der Waals surface area contributed by atoms with Gasteiger partial charge in [-0.25, -0.2) is 8.78 Å². The molecule has 0 saturated carbocycles. The van der Waals surface area contributed by atoms with Crippen molar-refractivity contribution in [2.24, 2.45) is 0 Å². The number of rotatable bonds is 8. The molecule has 7 nitrogen and oxygen atoms in total. The molecule has 0 radical (unpaired) electrons. The summed E-state index contributed by atoms with van der Waals surface area (Å²) < 4.78 is 33.3. The third kappa shape index (κ3) is 5.84. The maximum Gasteiger partial charge on any atom is 0.316 e. The van der Waals surface area contributed by atoms with Gasteiger partial charge in [0, 0.05) is 16.9 Å². The number of aromatic nitrogens is 3. The quantitative estimate of drug-likeness (QED) is 0.296. The molecule has 4 aromatic rings. The van der Waals surface area contributed by atoms with Crippen LogP contribution in [0, 0.1) is 11.6 Å². The van der Waals surface area contributed by atoms with E-state index in [2.05, 4.69) is 15.5 Å². The number of esters is 1. The van der Waals surface area contributed by atoms with E-state index in [-0.39, 0.29) is 17.3 Å². The van der Waals surface area contributed by atoms with E-state index < -0.39 is 24.3 Å². The Hall–Kier alpha value is -4.05. The molecule has 1 N–H and O–H groups in total. The van der Waals surface area contributed by atoms with Crippen LogP contribution in [0.4, 0.5) is 14.5 Å². The monoisotopic (exact) mass is 480 g/mol. The van der Waals surface area contributed by atoms with Crippen molar-refractivity contribution < 1.29 is 23.1 Å². The zero-order chi connectivity index (χ0) is 23.9. The van der Waals surface area contributed by atoms with Crippen LogP contribution in [0.5, 0.6) is 0 Å². The van der Waals surface area contributed by atoms with E-state index in [0.717, 1.165) is 23.5 Å². The predicted molar refractivity (Wildman–Crippen MR) is 123 cm³/mol. The molecule has 1 amide bonds. The first-order valence-electron chi connectivity index (χ1n) is 10.1. The van der Waals surface area contributed by atoms with Gasteiger partial charge in [-0.05, 0) is 54.6 Å². The second-order valence-electron chi connectivity index (χ2n) is 6.99. The second kappa shape index (κ2) is 10.7. The third-order valence-corrected chi connectivity index (χ3v) is 5.44. The first kappa shape index (κ1) is 23.1. The Morgan fingerprint density at radius 1 is 0.912 bits per heavy atom. The summed E-state index contributed by atoms with van der Waals surface area (Å²) in [7, 11) is 0. The second-order valence-corrected chi connectivity index (χ2v) is 7.93. The molecular formula is C24H18F2N4O3S. The van der Waals surface area contributed by atoms with Crippen LogP contribution < -0.4 is 5.32 Å². The molecule has 172 valence electrons. The smallest absolute Gasteiger partial charge is 0.316 e. The molecule has 1 heterocycles. The normalized spacial score (nSPS) is 10.6. The van der Waals surface area contributed by atoms with Gasteiger partial charge >= 0.3 is 5.97 Å². The van der Waals surface area contributed by atoms with Crippen molar-refractivity contribution in [2.75, 3.05) is 17.7 Å². The van der Waals surface area contributed by atoms with E-state index in [0.29, 0.717) is 16.5 Å². The highest BCUT2D eigenvalue weighted by atomic mass is 32.2. The van der Waals surface area contributed by atoms with E-state index in [4.69, 9.17) is 4.74 Å². The minimum absolute atomic E-state index is 0.123. The van der Waals surface area contributed by atoms with Gasteiger partial charge in [0.2, 0.25) is 0 Å². The summed E-state index contributed by atoms with van der Waals surface area (Å²) in [4.78, 5) is 24.2. The van der Waals surface area contributed by atoms with Crippen LogP contribution in [-0.4, -0.2) is 39.0 Å². The highest BCUT2D eigenvalue weighted by molar-refractivity contribution is 7.99. The number of halogens is 2. The standard InChI is InChI=1S/C24H18F2N4O3S/c25-17-11-9-16(10-12-17)23-28-29-24(30(23)20-7-2-1-3-8-20)34-15-22(32)33-14-21(31)27-19-6-4-5-18(26)13-19/h1-13H,14-15H2,(H,27,31). The van der Waals surface area contributed by atoms with Crippen molar-refractivity contribution >= 4 is 29.3 Å². The van der Waals surface area contributed by atoms with Crippen molar-refractivity contribution in [3.63, 3.8) is 0 Å². The Balaban J connectivity index is 1.42. The van der Waals surface area contributed by atoms with Gasteiger partial charge in [-0.15, -0.1) is 10.2 Å². The van der Waals surface area contributed by atoms with Crippen molar-refractivity contribution in [2.45, 2.75) is 5.16 Å². The number of hydrogen-bond acceptors (Lipinski definition) is 6. The average molecular weight is 480 g/mol.